The van der Waals surface area contributed by atoms with Gasteiger partial charge in [0.15, 0.2) is 5.88 Å². The van der Waals surface area contributed by atoms with E-state index in [1.54, 1.807) is 6.07 Å². The van der Waals surface area contributed by atoms with Gasteiger partial charge in [-0.1, -0.05) is 0 Å². The molecule has 0 unspecified atom stereocenters. The lowest BCUT2D eigenvalue weighted by Crippen LogP contribution is -2.35. The zero-order chi connectivity index (χ0) is 16.8. The van der Waals surface area contributed by atoms with E-state index in [1.165, 1.54) is 6.08 Å². The maximum Gasteiger partial charge on any atom is 0.262 e. The van der Waals surface area contributed by atoms with Gasteiger partial charge in [0.05, 0.1) is 19.3 Å². The fourth-order valence-electron chi connectivity index (χ4n) is 2.77. The average molecular weight is 331 g/mol. The second-order valence-corrected chi connectivity index (χ2v) is 5.79. The molecule has 128 valence electrons. The highest BCUT2D eigenvalue weighted by molar-refractivity contribution is 6.01. The summed E-state index contributed by atoms with van der Waals surface area (Å²) < 4.78 is 16.5. The van der Waals surface area contributed by atoms with Crippen molar-refractivity contribution in [3.05, 3.63) is 23.5 Å². The Hall–Kier alpha value is -2.30. The van der Waals surface area contributed by atoms with Gasteiger partial charge in [-0.25, -0.2) is 0 Å². The quantitative estimate of drug-likeness (QED) is 0.647. The Morgan fingerprint density at radius 2 is 2.21 bits per heavy atom. The Morgan fingerprint density at radius 1 is 1.38 bits per heavy atom. The lowest BCUT2D eigenvalue weighted by molar-refractivity contribution is -0.117. The molecule has 24 heavy (non-hydrogen) atoms. The number of morpholine rings is 1. The molecule has 3 heterocycles. The molecule has 2 fully saturated rings. The zero-order valence-corrected chi connectivity index (χ0v) is 13.5. The Morgan fingerprint density at radius 3 is 2.92 bits per heavy atom. The van der Waals surface area contributed by atoms with Crippen LogP contribution in [0.15, 0.2) is 22.1 Å². The smallest absolute Gasteiger partial charge is 0.262 e. The SMILES string of the molecule is N#C/C(=C/c1ccc(N2CCOCC2)o1)C(=O)NC[C@H]1CCCO1. The van der Waals surface area contributed by atoms with Gasteiger partial charge in [0.2, 0.25) is 0 Å². The molecule has 0 radical (unpaired) electrons. The monoisotopic (exact) mass is 331 g/mol. The Bertz CT molecular complexity index is 635. The van der Waals surface area contributed by atoms with Crippen LogP contribution in [0.3, 0.4) is 0 Å². The van der Waals surface area contributed by atoms with Crippen LogP contribution in [0.5, 0.6) is 0 Å². The molecule has 7 heteroatoms. The van der Waals surface area contributed by atoms with Crippen LogP contribution in [0.1, 0.15) is 18.6 Å². The first-order chi connectivity index (χ1) is 11.8. The number of carbonyl (C=O) groups is 1. The van der Waals surface area contributed by atoms with Crippen molar-refractivity contribution >= 4 is 17.9 Å². The van der Waals surface area contributed by atoms with Gasteiger partial charge >= 0.3 is 0 Å². The van der Waals surface area contributed by atoms with Crippen LogP contribution < -0.4 is 10.2 Å². The highest BCUT2D eigenvalue weighted by atomic mass is 16.5. The maximum atomic E-state index is 12.1. The number of nitriles is 1. The minimum Gasteiger partial charge on any atom is -0.441 e. The van der Waals surface area contributed by atoms with Crippen LogP contribution in [0.2, 0.25) is 0 Å². The summed E-state index contributed by atoms with van der Waals surface area (Å²) in [7, 11) is 0. The van der Waals surface area contributed by atoms with Crippen molar-refractivity contribution in [1.82, 2.24) is 5.32 Å². The second kappa shape index (κ2) is 7.99. The number of hydrogen-bond acceptors (Lipinski definition) is 6. The number of rotatable bonds is 5. The van der Waals surface area contributed by atoms with E-state index in [0.717, 1.165) is 38.4 Å². The molecule has 0 saturated carbocycles. The third-order valence-corrected chi connectivity index (χ3v) is 4.10. The number of amides is 1. The minimum absolute atomic E-state index is 0.0240. The van der Waals surface area contributed by atoms with Crippen LogP contribution in [0.25, 0.3) is 6.08 Å². The molecule has 3 rings (SSSR count). The van der Waals surface area contributed by atoms with Crippen LogP contribution in [0.4, 0.5) is 5.88 Å². The molecule has 2 aliphatic heterocycles. The fourth-order valence-corrected chi connectivity index (χ4v) is 2.77. The van der Waals surface area contributed by atoms with E-state index in [0.29, 0.717) is 25.5 Å². The molecule has 1 aromatic heterocycles. The summed E-state index contributed by atoms with van der Waals surface area (Å²) in [5, 5.41) is 12.0. The van der Waals surface area contributed by atoms with Gasteiger partial charge in [-0.3, -0.25) is 4.79 Å². The normalized spacial score (nSPS) is 21.5. The van der Waals surface area contributed by atoms with Gasteiger partial charge in [0, 0.05) is 38.4 Å². The molecule has 1 amide bonds. The first kappa shape index (κ1) is 16.6. The van der Waals surface area contributed by atoms with Crippen molar-refractivity contribution < 1.29 is 18.7 Å². The number of nitrogens with zero attached hydrogens (tertiary/aromatic N) is 2. The largest absolute Gasteiger partial charge is 0.441 e. The molecular formula is C17H21N3O4. The second-order valence-electron chi connectivity index (χ2n) is 5.79. The highest BCUT2D eigenvalue weighted by Crippen LogP contribution is 2.21. The van der Waals surface area contributed by atoms with Gasteiger partial charge in [-0.2, -0.15) is 5.26 Å². The lowest BCUT2D eigenvalue weighted by atomic mass is 10.2. The van der Waals surface area contributed by atoms with Gasteiger partial charge in [-0.15, -0.1) is 0 Å². The summed E-state index contributed by atoms with van der Waals surface area (Å²) in [6.45, 7) is 4.03. The van der Waals surface area contributed by atoms with Crippen molar-refractivity contribution in [2.24, 2.45) is 0 Å². The van der Waals surface area contributed by atoms with Gasteiger partial charge in [0.25, 0.3) is 5.91 Å². The van der Waals surface area contributed by atoms with Gasteiger partial charge in [0.1, 0.15) is 17.4 Å². The van der Waals surface area contributed by atoms with E-state index in [9.17, 15) is 10.1 Å². The molecule has 1 aromatic rings. The fraction of sp³-hybridized carbons (Fsp3) is 0.529. The number of anilines is 1. The molecule has 0 aliphatic carbocycles. The van der Waals surface area contributed by atoms with Crippen molar-refractivity contribution in [2.45, 2.75) is 18.9 Å². The predicted octanol–water partition coefficient (Wildman–Crippen LogP) is 1.32. The summed E-state index contributed by atoms with van der Waals surface area (Å²) >= 11 is 0. The lowest BCUT2D eigenvalue weighted by Gasteiger charge is -2.26. The number of hydrogen-bond donors (Lipinski definition) is 1. The number of furan rings is 1. The van der Waals surface area contributed by atoms with Crippen LogP contribution in [-0.4, -0.2) is 51.5 Å². The van der Waals surface area contributed by atoms with Crippen LogP contribution in [-0.2, 0) is 14.3 Å². The molecule has 0 spiro atoms. The molecule has 1 N–H and O–H groups in total. The van der Waals surface area contributed by atoms with E-state index in [4.69, 9.17) is 13.9 Å². The highest BCUT2D eigenvalue weighted by Gasteiger charge is 2.18. The maximum absolute atomic E-state index is 12.1. The summed E-state index contributed by atoms with van der Waals surface area (Å²) in [4.78, 5) is 14.2. The first-order valence-electron chi connectivity index (χ1n) is 8.20. The summed E-state index contributed by atoms with van der Waals surface area (Å²) in [6, 6.07) is 5.53. The van der Waals surface area contributed by atoms with Crippen LogP contribution in [0, 0.1) is 11.3 Å². The topological polar surface area (TPSA) is 87.7 Å². The summed E-state index contributed by atoms with van der Waals surface area (Å²) in [6.07, 6.45) is 3.46. The minimum atomic E-state index is -0.405. The van der Waals surface area contributed by atoms with E-state index >= 15 is 0 Å². The predicted molar refractivity (Wildman–Crippen MR) is 87.3 cm³/mol. The Balaban J connectivity index is 1.60. The first-order valence-corrected chi connectivity index (χ1v) is 8.20. The third-order valence-electron chi connectivity index (χ3n) is 4.10. The molecule has 7 nitrogen and oxygen atoms in total. The zero-order valence-electron chi connectivity index (χ0n) is 13.5. The van der Waals surface area contributed by atoms with E-state index in [1.807, 2.05) is 12.1 Å². The molecule has 2 saturated heterocycles. The van der Waals surface area contributed by atoms with Crippen molar-refractivity contribution in [3.63, 3.8) is 0 Å². The van der Waals surface area contributed by atoms with Crippen molar-refractivity contribution in [1.29, 1.82) is 5.26 Å². The average Bonchev–Trinajstić information content (AvgIpc) is 3.30. The third kappa shape index (κ3) is 4.16. The molecule has 2 aliphatic rings. The van der Waals surface area contributed by atoms with E-state index in [-0.39, 0.29) is 11.7 Å². The Kier molecular flexibility index (Phi) is 5.51. The summed E-state index contributed by atoms with van der Waals surface area (Å²) in [5.74, 6) is 0.805. The van der Waals surface area contributed by atoms with Crippen molar-refractivity contribution in [3.8, 4) is 6.07 Å². The number of carbonyl (C=O) groups excluding carboxylic acids is 1. The van der Waals surface area contributed by atoms with Crippen LogP contribution >= 0.6 is 0 Å². The number of ether oxygens (including phenoxy) is 2. The molecule has 1 atom stereocenters. The Labute approximate surface area is 140 Å². The van der Waals surface area contributed by atoms with E-state index < -0.39 is 5.91 Å². The molecule has 0 aromatic carbocycles. The van der Waals surface area contributed by atoms with Gasteiger partial charge in [-0.05, 0) is 18.9 Å². The standard InChI is InChI=1S/C17H21N3O4/c18-11-13(17(21)19-12-15-2-1-7-23-15)10-14-3-4-16(24-14)20-5-8-22-9-6-20/h3-4,10,15H,1-2,5-9,12H2,(H,19,21)/b13-10-/t15-/m1/s1. The van der Waals surface area contributed by atoms with E-state index in [2.05, 4.69) is 10.2 Å². The van der Waals surface area contributed by atoms with Gasteiger partial charge < -0.3 is 24.1 Å². The molecule has 0 bridgehead atoms. The van der Waals surface area contributed by atoms with Crippen molar-refractivity contribution in [2.75, 3.05) is 44.4 Å². The number of nitrogens with one attached hydrogen (secondary N) is 1. The summed E-state index contributed by atoms with van der Waals surface area (Å²) in [5.41, 5.74) is 0.0240. The molecular weight excluding hydrogens is 310 g/mol.